The Hall–Kier alpha value is -3.12. The smallest absolute Gasteiger partial charge is 0.0203 e. The van der Waals surface area contributed by atoms with Gasteiger partial charge in [-0.1, -0.05) is 119 Å². The van der Waals surface area contributed by atoms with Gasteiger partial charge in [-0.2, -0.15) is 0 Å². The first-order valence-electron chi connectivity index (χ1n) is 14.6. The second-order valence-electron chi connectivity index (χ2n) is 12.0. The monoisotopic (exact) mass is 500 g/mol. The van der Waals surface area contributed by atoms with Crippen molar-refractivity contribution in [2.45, 2.75) is 85.5 Å². The van der Waals surface area contributed by atoms with Gasteiger partial charge in [-0.25, -0.2) is 0 Å². The number of hydrogen-bond acceptors (Lipinski definition) is 0. The maximum absolute atomic E-state index is 4.80. The van der Waals surface area contributed by atoms with Crippen LogP contribution in [0.1, 0.15) is 100 Å². The Morgan fingerprint density at radius 1 is 1.03 bits per heavy atom. The summed E-state index contributed by atoms with van der Waals surface area (Å²) in [6.07, 6.45) is 10.2. The molecule has 2 unspecified atom stereocenters. The number of benzene rings is 2. The lowest BCUT2D eigenvalue weighted by Gasteiger charge is -2.36. The second-order valence-corrected chi connectivity index (χ2v) is 12.0. The minimum Gasteiger partial charge on any atom is -0.0955 e. The van der Waals surface area contributed by atoms with E-state index >= 15 is 0 Å². The molecule has 0 bridgehead atoms. The van der Waals surface area contributed by atoms with Crippen LogP contribution in [0.2, 0.25) is 0 Å². The maximum atomic E-state index is 4.80. The van der Waals surface area contributed by atoms with Gasteiger partial charge in [0.15, 0.2) is 0 Å². The molecule has 5 rings (SSSR count). The Bertz CT molecular complexity index is 1430. The summed E-state index contributed by atoms with van der Waals surface area (Å²) in [4.78, 5) is 0. The summed E-state index contributed by atoms with van der Waals surface area (Å²) >= 11 is 0. The van der Waals surface area contributed by atoms with Crippen LogP contribution in [0.4, 0.5) is 0 Å². The first-order chi connectivity index (χ1) is 18.2. The van der Waals surface area contributed by atoms with Crippen LogP contribution in [0.5, 0.6) is 0 Å². The van der Waals surface area contributed by atoms with Gasteiger partial charge in [-0.05, 0) is 101 Å². The van der Waals surface area contributed by atoms with Crippen molar-refractivity contribution in [3.8, 4) is 0 Å². The van der Waals surface area contributed by atoms with Crippen LogP contribution in [0, 0.1) is 5.92 Å². The van der Waals surface area contributed by atoms with Crippen LogP contribution >= 0.6 is 0 Å². The molecule has 0 aliphatic heterocycles. The molecule has 3 aliphatic rings. The first kappa shape index (κ1) is 26.5. The number of rotatable bonds is 7. The molecular weight excluding hydrogens is 456 g/mol. The van der Waals surface area contributed by atoms with E-state index < -0.39 is 0 Å². The van der Waals surface area contributed by atoms with Crippen molar-refractivity contribution in [3.63, 3.8) is 0 Å². The largest absolute Gasteiger partial charge is 0.0955 e. The van der Waals surface area contributed by atoms with Crippen LogP contribution in [-0.4, -0.2) is 0 Å². The molecule has 0 spiro atoms. The summed E-state index contributed by atoms with van der Waals surface area (Å²) in [5, 5.41) is 0. The molecule has 0 nitrogen and oxygen atoms in total. The van der Waals surface area contributed by atoms with E-state index in [0.29, 0.717) is 11.8 Å². The van der Waals surface area contributed by atoms with E-state index in [2.05, 4.69) is 103 Å². The highest BCUT2D eigenvalue weighted by molar-refractivity contribution is 5.84. The lowest BCUT2D eigenvalue weighted by atomic mass is 9.68. The fourth-order valence-electron chi connectivity index (χ4n) is 7.12. The number of fused-ring (bicyclic) bond motifs is 2. The van der Waals surface area contributed by atoms with Gasteiger partial charge in [-0.15, -0.1) is 0 Å². The van der Waals surface area contributed by atoms with Gasteiger partial charge in [0.05, 0.1) is 0 Å². The van der Waals surface area contributed by atoms with E-state index in [0.717, 1.165) is 32.1 Å². The topological polar surface area (TPSA) is 0 Å². The van der Waals surface area contributed by atoms with Gasteiger partial charge in [0.25, 0.3) is 0 Å². The summed E-state index contributed by atoms with van der Waals surface area (Å²) in [5.41, 5.74) is 18.5. The zero-order valence-electron chi connectivity index (χ0n) is 24.4. The van der Waals surface area contributed by atoms with Crippen molar-refractivity contribution in [1.82, 2.24) is 0 Å². The lowest BCUT2D eigenvalue weighted by molar-refractivity contribution is 0.614. The zero-order chi connectivity index (χ0) is 27.1. The predicted molar refractivity (Wildman–Crippen MR) is 166 cm³/mol. The normalized spacial score (nSPS) is 21.9. The fraction of sp³-hybridized carbons (Fsp3) is 0.368. The van der Waals surface area contributed by atoms with Crippen molar-refractivity contribution < 1.29 is 0 Å². The molecule has 196 valence electrons. The van der Waals surface area contributed by atoms with Crippen molar-refractivity contribution in [3.05, 3.63) is 135 Å². The summed E-state index contributed by atoms with van der Waals surface area (Å²) in [7, 11) is 0. The van der Waals surface area contributed by atoms with E-state index in [1.54, 1.807) is 0 Å². The minimum absolute atomic E-state index is 0.287. The van der Waals surface area contributed by atoms with Gasteiger partial charge < -0.3 is 0 Å². The predicted octanol–water partition coefficient (Wildman–Crippen LogP) is 10.6. The van der Waals surface area contributed by atoms with E-state index in [4.69, 9.17) is 6.58 Å². The molecule has 2 aromatic rings. The third-order valence-corrected chi connectivity index (χ3v) is 9.08. The quantitative estimate of drug-likeness (QED) is 0.355. The number of aryl methyl sites for hydroxylation is 1. The second kappa shape index (κ2) is 10.6. The fourth-order valence-corrected chi connectivity index (χ4v) is 7.12. The Balaban J connectivity index is 1.63. The molecule has 0 amide bonds. The summed E-state index contributed by atoms with van der Waals surface area (Å²) < 4.78 is 0. The summed E-state index contributed by atoms with van der Waals surface area (Å²) in [6.45, 7) is 23.2. The maximum Gasteiger partial charge on any atom is 0.0203 e. The molecule has 0 heterocycles. The van der Waals surface area contributed by atoms with Crippen molar-refractivity contribution >= 4 is 5.57 Å². The Kier molecular flexibility index (Phi) is 7.36. The highest BCUT2D eigenvalue weighted by atomic mass is 14.4. The molecule has 2 atom stereocenters. The summed E-state index contributed by atoms with van der Waals surface area (Å²) in [5.74, 6) is 1.13. The highest BCUT2D eigenvalue weighted by Crippen LogP contribution is 2.56. The minimum atomic E-state index is 0.287. The van der Waals surface area contributed by atoms with Crippen molar-refractivity contribution in [2.24, 2.45) is 5.92 Å². The van der Waals surface area contributed by atoms with Gasteiger partial charge in [0, 0.05) is 11.8 Å². The highest BCUT2D eigenvalue weighted by Gasteiger charge is 2.41. The molecule has 0 saturated heterocycles. The van der Waals surface area contributed by atoms with Gasteiger partial charge in [0.1, 0.15) is 0 Å². The summed E-state index contributed by atoms with van der Waals surface area (Å²) in [6, 6.07) is 16.2. The van der Waals surface area contributed by atoms with Gasteiger partial charge >= 0.3 is 0 Å². The molecule has 0 aromatic heterocycles. The molecule has 0 N–H and O–H groups in total. The molecule has 3 aliphatic carbocycles. The van der Waals surface area contributed by atoms with E-state index in [9.17, 15) is 0 Å². The van der Waals surface area contributed by atoms with Gasteiger partial charge in [-0.3, -0.25) is 0 Å². The van der Waals surface area contributed by atoms with Crippen LogP contribution in [0.25, 0.3) is 5.57 Å². The van der Waals surface area contributed by atoms with E-state index in [1.807, 2.05) is 0 Å². The standard InChI is InChI=1S/C38H44/c1-9-13-24(5)36-26(7)19-32-21-31(22-35-25(6)18-30-14-11-12-15-33(30)35)27(8)37(32)38(36)34-17-16-29(23(3)4)20-28(34)10-2/h11-12,14-17,19-20,22-23,37-38H,5,8-10,13,18,21H2,1-4,6-7H3. The van der Waals surface area contributed by atoms with E-state index in [1.165, 1.54) is 72.4 Å². The SMILES string of the molecule is C=C(CCC)C1=C(C)C=C2CC(=CC3=C(C)Cc4ccccc43)C(=C)C2C1c1ccc(C(C)C)cc1CC. The zero-order valence-corrected chi connectivity index (χ0v) is 24.4. The van der Waals surface area contributed by atoms with E-state index in [-0.39, 0.29) is 5.92 Å². The molecule has 1 saturated carbocycles. The third kappa shape index (κ3) is 4.53. The van der Waals surface area contributed by atoms with Crippen molar-refractivity contribution in [2.75, 3.05) is 0 Å². The van der Waals surface area contributed by atoms with Crippen LogP contribution in [0.3, 0.4) is 0 Å². The van der Waals surface area contributed by atoms with Crippen molar-refractivity contribution in [1.29, 1.82) is 0 Å². The average Bonchev–Trinajstić information content (AvgIpc) is 3.38. The first-order valence-corrected chi connectivity index (χ1v) is 14.6. The molecule has 0 radical (unpaired) electrons. The molecule has 38 heavy (non-hydrogen) atoms. The van der Waals surface area contributed by atoms with Crippen LogP contribution < -0.4 is 0 Å². The number of allylic oxidation sites excluding steroid dienone is 10. The molecule has 1 fully saturated rings. The Morgan fingerprint density at radius 2 is 1.79 bits per heavy atom. The van der Waals surface area contributed by atoms with Gasteiger partial charge in [0.2, 0.25) is 0 Å². The lowest BCUT2D eigenvalue weighted by Crippen LogP contribution is -2.22. The Labute approximate surface area is 231 Å². The van der Waals surface area contributed by atoms with Crippen LogP contribution in [-0.2, 0) is 12.8 Å². The Morgan fingerprint density at radius 3 is 2.50 bits per heavy atom. The number of hydrogen-bond donors (Lipinski definition) is 0. The molecule has 0 heteroatoms. The average molecular weight is 501 g/mol. The third-order valence-electron chi connectivity index (χ3n) is 9.08. The molecular formula is C38H44. The van der Waals surface area contributed by atoms with Crippen LogP contribution in [0.15, 0.2) is 107 Å². The molecule has 2 aromatic carbocycles.